The topological polar surface area (TPSA) is 56.6 Å². The molecule has 26 heavy (non-hydrogen) atoms. The molecule has 0 unspecified atom stereocenters. The van der Waals surface area contributed by atoms with E-state index >= 15 is 0 Å². The summed E-state index contributed by atoms with van der Waals surface area (Å²) in [5, 5.41) is 4.10. The minimum absolute atomic E-state index is 0.00588. The average molecular weight is 355 g/mol. The van der Waals surface area contributed by atoms with E-state index in [0.717, 1.165) is 29.0 Å². The van der Waals surface area contributed by atoms with Gasteiger partial charge in [0.1, 0.15) is 0 Å². The summed E-state index contributed by atoms with van der Waals surface area (Å²) in [4.78, 5) is 14.4. The van der Waals surface area contributed by atoms with E-state index in [4.69, 9.17) is 9.47 Å². The molecule has 1 aromatic carbocycles. The van der Waals surface area contributed by atoms with Gasteiger partial charge in [0.2, 0.25) is 5.91 Å². The molecule has 6 heteroatoms. The highest BCUT2D eigenvalue weighted by molar-refractivity contribution is 5.91. The lowest BCUT2D eigenvalue weighted by molar-refractivity contribution is -0.126. The first-order valence-electron chi connectivity index (χ1n) is 8.97. The van der Waals surface area contributed by atoms with E-state index in [-0.39, 0.29) is 5.91 Å². The van der Waals surface area contributed by atoms with Crippen LogP contribution in [0.2, 0.25) is 0 Å². The fourth-order valence-corrected chi connectivity index (χ4v) is 3.09. The number of rotatable bonds is 6. The fraction of sp³-hybridized carbons (Fsp3) is 0.400. The number of ether oxygens (including phenoxy) is 2. The monoisotopic (exact) mass is 355 g/mol. The molecule has 0 aliphatic carbocycles. The zero-order valence-corrected chi connectivity index (χ0v) is 15.6. The Morgan fingerprint density at radius 2 is 1.88 bits per heavy atom. The second kappa shape index (κ2) is 8.08. The number of carbonyl (C=O) groups excluding carboxylic acids is 1. The third kappa shape index (κ3) is 4.07. The Kier molecular flexibility index (Phi) is 5.61. The average Bonchev–Trinajstić information content (AvgIpc) is 3.05. The third-order valence-corrected chi connectivity index (χ3v) is 4.33. The molecule has 1 aromatic heterocycles. The van der Waals surface area contributed by atoms with Gasteiger partial charge < -0.3 is 14.4 Å². The van der Waals surface area contributed by atoms with Crippen molar-refractivity contribution in [3.8, 4) is 11.5 Å². The molecule has 138 valence electrons. The molecule has 0 saturated carbocycles. The number of nitrogens with zero attached hydrogens (tertiary/aromatic N) is 3. The largest absolute Gasteiger partial charge is 0.490 e. The van der Waals surface area contributed by atoms with Crippen LogP contribution in [-0.4, -0.2) is 40.3 Å². The van der Waals surface area contributed by atoms with Crippen LogP contribution in [0.4, 0.5) is 0 Å². The van der Waals surface area contributed by atoms with Gasteiger partial charge in [-0.2, -0.15) is 5.10 Å². The lowest BCUT2D eigenvalue weighted by Crippen LogP contribution is -2.34. The lowest BCUT2D eigenvalue weighted by atomic mass is 9.98. The molecule has 0 spiro atoms. The molecular formula is C20H25N3O3. The number of fused-ring (bicyclic) bond motifs is 1. The molecule has 0 fully saturated rings. The van der Waals surface area contributed by atoms with Crippen molar-refractivity contribution >= 4 is 12.0 Å². The quantitative estimate of drug-likeness (QED) is 0.748. The first-order chi connectivity index (χ1) is 12.6. The molecule has 0 saturated heterocycles. The van der Waals surface area contributed by atoms with Crippen LogP contribution < -0.4 is 9.47 Å². The molecule has 0 radical (unpaired) electrons. The highest BCUT2D eigenvalue weighted by Crippen LogP contribution is 2.34. The summed E-state index contributed by atoms with van der Waals surface area (Å²) in [6.45, 7) is 6.37. The van der Waals surface area contributed by atoms with Gasteiger partial charge in [0.25, 0.3) is 0 Å². The van der Waals surface area contributed by atoms with Gasteiger partial charge in [-0.15, -0.1) is 0 Å². The van der Waals surface area contributed by atoms with Crippen molar-refractivity contribution in [2.24, 2.45) is 7.05 Å². The van der Waals surface area contributed by atoms with Gasteiger partial charge in [-0.3, -0.25) is 9.48 Å². The SMILES string of the molecule is CCOc1cc2c(cc1OCC)CN(C(=O)/C=C\c1cnn(C)c1)CC2. The number of carbonyl (C=O) groups is 1. The maximum atomic E-state index is 12.5. The Morgan fingerprint density at radius 1 is 1.19 bits per heavy atom. The molecule has 1 amide bonds. The van der Waals surface area contributed by atoms with Gasteiger partial charge in [0.15, 0.2) is 11.5 Å². The molecule has 1 aliphatic rings. The molecule has 2 heterocycles. The molecule has 0 atom stereocenters. The number of benzene rings is 1. The van der Waals surface area contributed by atoms with Crippen molar-refractivity contribution in [1.29, 1.82) is 0 Å². The van der Waals surface area contributed by atoms with Crippen LogP contribution in [-0.2, 0) is 24.8 Å². The number of aryl methyl sites for hydroxylation is 1. The highest BCUT2D eigenvalue weighted by Gasteiger charge is 2.22. The van der Waals surface area contributed by atoms with E-state index in [1.807, 2.05) is 38.1 Å². The molecule has 3 rings (SSSR count). The maximum Gasteiger partial charge on any atom is 0.246 e. The van der Waals surface area contributed by atoms with Crippen LogP contribution >= 0.6 is 0 Å². The van der Waals surface area contributed by atoms with Gasteiger partial charge in [-0.25, -0.2) is 0 Å². The minimum Gasteiger partial charge on any atom is -0.490 e. The van der Waals surface area contributed by atoms with Crippen molar-refractivity contribution in [3.05, 3.63) is 47.3 Å². The van der Waals surface area contributed by atoms with Crippen molar-refractivity contribution in [3.63, 3.8) is 0 Å². The van der Waals surface area contributed by atoms with Crippen molar-refractivity contribution < 1.29 is 14.3 Å². The summed E-state index contributed by atoms with van der Waals surface area (Å²) in [5.74, 6) is 1.53. The molecule has 1 aliphatic heterocycles. The van der Waals surface area contributed by atoms with E-state index in [9.17, 15) is 4.79 Å². The Labute approximate surface area is 154 Å². The van der Waals surface area contributed by atoms with E-state index in [2.05, 4.69) is 11.2 Å². The summed E-state index contributed by atoms with van der Waals surface area (Å²) in [6, 6.07) is 4.06. The second-order valence-electron chi connectivity index (χ2n) is 6.22. The Hall–Kier alpha value is -2.76. The number of hydrogen-bond donors (Lipinski definition) is 0. The van der Waals surface area contributed by atoms with Gasteiger partial charge in [0.05, 0.1) is 19.4 Å². The van der Waals surface area contributed by atoms with Crippen LogP contribution in [0.25, 0.3) is 6.08 Å². The van der Waals surface area contributed by atoms with Crippen LogP contribution in [0.3, 0.4) is 0 Å². The summed E-state index contributed by atoms with van der Waals surface area (Å²) in [5.41, 5.74) is 3.25. The van der Waals surface area contributed by atoms with E-state index in [0.29, 0.717) is 26.3 Å². The molecular weight excluding hydrogens is 330 g/mol. The molecule has 6 nitrogen and oxygen atoms in total. The smallest absolute Gasteiger partial charge is 0.246 e. The predicted molar refractivity (Wildman–Crippen MR) is 100 cm³/mol. The fourth-order valence-electron chi connectivity index (χ4n) is 3.09. The lowest BCUT2D eigenvalue weighted by Gasteiger charge is -2.29. The zero-order chi connectivity index (χ0) is 18.5. The number of aromatic nitrogens is 2. The minimum atomic E-state index is 0.00588. The van der Waals surface area contributed by atoms with Gasteiger partial charge in [0, 0.05) is 38.0 Å². The van der Waals surface area contributed by atoms with Gasteiger partial charge in [-0.1, -0.05) is 0 Å². The van der Waals surface area contributed by atoms with Crippen molar-refractivity contribution in [1.82, 2.24) is 14.7 Å². The first-order valence-corrected chi connectivity index (χ1v) is 8.97. The Morgan fingerprint density at radius 3 is 2.50 bits per heavy atom. The number of hydrogen-bond acceptors (Lipinski definition) is 4. The molecule has 0 bridgehead atoms. The molecule has 0 N–H and O–H groups in total. The summed E-state index contributed by atoms with van der Waals surface area (Å²) in [7, 11) is 1.85. The molecule has 2 aromatic rings. The summed E-state index contributed by atoms with van der Waals surface area (Å²) in [6.07, 6.45) is 7.83. The van der Waals surface area contributed by atoms with E-state index < -0.39 is 0 Å². The maximum absolute atomic E-state index is 12.5. The number of amides is 1. The van der Waals surface area contributed by atoms with E-state index in [1.165, 1.54) is 5.56 Å². The highest BCUT2D eigenvalue weighted by atomic mass is 16.5. The third-order valence-electron chi connectivity index (χ3n) is 4.33. The van der Waals surface area contributed by atoms with Crippen LogP contribution in [0, 0.1) is 0 Å². The second-order valence-corrected chi connectivity index (χ2v) is 6.22. The summed E-state index contributed by atoms with van der Waals surface area (Å²) < 4.78 is 13.1. The van der Waals surface area contributed by atoms with Crippen molar-refractivity contribution in [2.45, 2.75) is 26.8 Å². The Balaban J connectivity index is 1.74. The first kappa shape index (κ1) is 18.0. The van der Waals surface area contributed by atoms with Crippen LogP contribution in [0.1, 0.15) is 30.5 Å². The van der Waals surface area contributed by atoms with Crippen LogP contribution in [0.5, 0.6) is 11.5 Å². The summed E-state index contributed by atoms with van der Waals surface area (Å²) >= 11 is 0. The zero-order valence-electron chi connectivity index (χ0n) is 15.6. The predicted octanol–water partition coefficient (Wildman–Crippen LogP) is 2.82. The van der Waals surface area contributed by atoms with Gasteiger partial charge in [-0.05, 0) is 49.6 Å². The van der Waals surface area contributed by atoms with Gasteiger partial charge >= 0.3 is 0 Å². The Bertz CT molecular complexity index is 811. The van der Waals surface area contributed by atoms with Crippen LogP contribution in [0.15, 0.2) is 30.6 Å². The normalized spacial score (nSPS) is 13.7. The van der Waals surface area contributed by atoms with E-state index in [1.54, 1.807) is 23.0 Å². The van der Waals surface area contributed by atoms with Crippen molar-refractivity contribution in [2.75, 3.05) is 19.8 Å². The standard InChI is InChI=1S/C20H25N3O3/c1-4-25-18-10-16-8-9-23(14-17(16)11-19(18)26-5-2)20(24)7-6-15-12-21-22(3)13-15/h6-7,10-13H,4-5,8-9,14H2,1-3H3/b7-6-.